The summed E-state index contributed by atoms with van der Waals surface area (Å²) in [5, 5.41) is 0. The summed E-state index contributed by atoms with van der Waals surface area (Å²) in [4.78, 5) is 16.0. The van der Waals surface area contributed by atoms with E-state index in [-0.39, 0.29) is 5.56 Å². The largest absolute Gasteiger partial charge is 0.308 e. The second-order valence-corrected chi connectivity index (χ2v) is 3.75. The Kier molecular flexibility index (Phi) is 3.20. The van der Waals surface area contributed by atoms with Gasteiger partial charge in [0.15, 0.2) is 0 Å². The number of hydrogen-bond donors (Lipinski definition) is 2. The van der Waals surface area contributed by atoms with E-state index in [4.69, 9.17) is 5.84 Å². The third kappa shape index (κ3) is 2.51. The molecule has 0 aliphatic rings. The van der Waals surface area contributed by atoms with Crippen molar-refractivity contribution in [3.8, 4) is 0 Å². The van der Waals surface area contributed by atoms with Gasteiger partial charge in [-0.1, -0.05) is 12.1 Å². The SMILES string of the molecule is Cc1cccc(=O)n1Cc1cccc(NN)n1. The van der Waals surface area contributed by atoms with E-state index in [0.717, 1.165) is 11.4 Å². The maximum atomic E-state index is 11.7. The minimum absolute atomic E-state index is 0.0297. The lowest BCUT2D eigenvalue weighted by Crippen LogP contribution is -2.22. The van der Waals surface area contributed by atoms with Gasteiger partial charge in [-0.3, -0.25) is 4.79 Å². The van der Waals surface area contributed by atoms with E-state index in [2.05, 4.69) is 10.4 Å². The summed E-state index contributed by atoms with van der Waals surface area (Å²) in [6.45, 7) is 2.34. The van der Waals surface area contributed by atoms with Crippen LogP contribution in [0.4, 0.5) is 5.82 Å². The topological polar surface area (TPSA) is 72.9 Å². The summed E-state index contributed by atoms with van der Waals surface area (Å²) in [5.74, 6) is 5.88. The quantitative estimate of drug-likeness (QED) is 0.606. The summed E-state index contributed by atoms with van der Waals surface area (Å²) in [6.07, 6.45) is 0. The molecule has 0 aromatic carbocycles. The van der Waals surface area contributed by atoms with Gasteiger partial charge >= 0.3 is 0 Å². The van der Waals surface area contributed by atoms with E-state index in [0.29, 0.717) is 12.4 Å². The Morgan fingerprint density at radius 1 is 1.29 bits per heavy atom. The normalized spacial score (nSPS) is 10.2. The van der Waals surface area contributed by atoms with Crippen LogP contribution in [0.3, 0.4) is 0 Å². The lowest BCUT2D eigenvalue weighted by molar-refractivity contribution is 0.713. The van der Waals surface area contributed by atoms with E-state index < -0.39 is 0 Å². The number of pyridine rings is 2. The van der Waals surface area contributed by atoms with Crippen LogP contribution < -0.4 is 16.8 Å². The third-order valence-corrected chi connectivity index (χ3v) is 2.54. The molecule has 3 N–H and O–H groups in total. The fourth-order valence-corrected chi connectivity index (χ4v) is 1.64. The minimum atomic E-state index is -0.0297. The highest BCUT2D eigenvalue weighted by molar-refractivity contribution is 5.33. The maximum absolute atomic E-state index is 11.7. The van der Waals surface area contributed by atoms with Gasteiger partial charge in [-0.05, 0) is 25.1 Å². The van der Waals surface area contributed by atoms with Crippen LogP contribution in [0.25, 0.3) is 0 Å². The number of nitrogens with one attached hydrogen (secondary N) is 1. The van der Waals surface area contributed by atoms with Gasteiger partial charge in [0.05, 0.1) is 12.2 Å². The Bertz CT molecular complexity index is 577. The molecular weight excluding hydrogens is 216 g/mol. The van der Waals surface area contributed by atoms with Crippen LogP contribution in [0.15, 0.2) is 41.2 Å². The molecule has 0 aliphatic carbocycles. The first-order valence-electron chi connectivity index (χ1n) is 5.30. The number of anilines is 1. The molecule has 0 saturated carbocycles. The number of aromatic nitrogens is 2. The smallest absolute Gasteiger partial charge is 0.251 e. The van der Waals surface area contributed by atoms with Crippen LogP contribution in [0.1, 0.15) is 11.4 Å². The molecule has 0 amide bonds. The summed E-state index contributed by atoms with van der Waals surface area (Å²) in [6, 6.07) is 10.7. The van der Waals surface area contributed by atoms with Crippen molar-refractivity contribution in [3.05, 3.63) is 58.1 Å². The number of hydrogen-bond acceptors (Lipinski definition) is 4. The highest BCUT2D eigenvalue weighted by Crippen LogP contribution is 2.05. The summed E-state index contributed by atoms with van der Waals surface area (Å²) in [7, 11) is 0. The molecule has 88 valence electrons. The zero-order valence-electron chi connectivity index (χ0n) is 9.55. The standard InChI is InChI=1S/C12H14N4O/c1-9-4-2-7-12(17)16(9)8-10-5-3-6-11(14-10)15-13/h2-7H,8,13H2,1H3,(H,14,15). The Morgan fingerprint density at radius 3 is 2.76 bits per heavy atom. The minimum Gasteiger partial charge on any atom is -0.308 e. The molecule has 0 bridgehead atoms. The van der Waals surface area contributed by atoms with Gasteiger partial charge in [0.2, 0.25) is 0 Å². The van der Waals surface area contributed by atoms with E-state index in [1.165, 1.54) is 6.07 Å². The molecule has 0 spiro atoms. The fourth-order valence-electron chi connectivity index (χ4n) is 1.64. The predicted octanol–water partition coefficient (Wildman–Crippen LogP) is 0.886. The second kappa shape index (κ2) is 4.80. The van der Waals surface area contributed by atoms with Gasteiger partial charge in [0.25, 0.3) is 5.56 Å². The van der Waals surface area contributed by atoms with Crippen LogP contribution >= 0.6 is 0 Å². The van der Waals surface area contributed by atoms with Gasteiger partial charge in [0.1, 0.15) is 5.82 Å². The molecule has 0 saturated heterocycles. The molecule has 0 fully saturated rings. The number of hydrazine groups is 1. The molecule has 2 rings (SSSR count). The molecule has 0 unspecified atom stereocenters. The van der Waals surface area contributed by atoms with Crippen LogP contribution in [0, 0.1) is 6.92 Å². The molecule has 0 aliphatic heterocycles. The number of rotatable bonds is 3. The summed E-state index contributed by atoms with van der Waals surface area (Å²) >= 11 is 0. The van der Waals surface area contributed by atoms with Crippen molar-refractivity contribution in [2.24, 2.45) is 5.84 Å². The van der Waals surface area contributed by atoms with E-state index in [1.807, 2.05) is 25.1 Å². The Morgan fingerprint density at radius 2 is 2.06 bits per heavy atom. The van der Waals surface area contributed by atoms with Crippen molar-refractivity contribution in [2.75, 3.05) is 5.43 Å². The lowest BCUT2D eigenvalue weighted by atomic mass is 10.3. The van der Waals surface area contributed by atoms with Gasteiger partial charge in [-0.15, -0.1) is 0 Å². The van der Waals surface area contributed by atoms with Gasteiger partial charge in [0, 0.05) is 11.8 Å². The van der Waals surface area contributed by atoms with Crippen molar-refractivity contribution in [1.82, 2.24) is 9.55 Å². The fraction of sp³-hybridized carbons (Fsp3) is 0.167. The Balaban J connectivity index is 2.34. The first-order valence-corrected chi connectivity index (χ1v) is 5.30. The number of nitrogens with two attached hydrogens (primary N) is 1. The van der Waals surface area contributed by atoms with Gasteiger partial charge in [-0.25, -0.2) is 10.8 Å². The number of nitrogens with zero attached hydrogens (tertiary/aromatic N) is 2. The molecule has 0 atom stereocenters. The molecule has 0 radical (unpaired) electrons. The maximum Gasteiger partial charge on any atom is 0.251 e. The monoisotopic (exact) mass is 230 g/mol. The molecular formula is C12H14N4O. The average Bonchev–Trinajstić information content (AvgIpc) is 2.34. The third-order valence-electron chi connectivity index (χ3n) is 2.54. The first kappa shape index (κ1) is 11.3. The molecule has 2 aromatic rings. The van der Waals surface area contributed by atoms with Crippen molar-refractivity contribution >= 4 is 5.82 Å². The molecule has 17 heavy (non-hydrogen) atoms. The van der Waals surface area contributed by atoms with E-state index in [9.17, 15) is 4.79 Å². The first-order chi connectivity index (χ1) is 8.20. The van der Waals surface area contributed by atoms with Crippen LogP contribution in [-0.2, 0) is 6.54 Å². The second-order valence-electron chi connectivity index (χ2n) is 3.75. The van der Waals surface area contributed by atoms with Crippen LogP contribution in [-0.4, -0.2) is 9.55 Å². The average molecular weight is 230 g/mol. The van der Waals surface area contributed by atoms with Gasteiger partial charge in [-0.2, -0.15) is 0 Å². The van der Waals surface area contributed by atoms with Gasteiger partial charge < -0.3 is 9.99 Å². The lowest BCUT2D eigenvalue weighted by Gasteiger charge is -2.09. The highest BCUT2D eigenvalue weighted by atomic mass is 16.1. The molecule has 2 aromatic heterocycles. The van der Waals surface area contributed by atoms with Crippen LogP contribution in [0.5, 0.6) is 0 Å². The molecule has 5 heteroatoms. The van der Waals surface area contributed by atoms with Crippen molar-refractivity contribution in [2.45, 2.75) is 13.5 Å². The van der Waals surface area contributed by atoms with Crippen molar-refractivity contribution in [1.29, 1.82) is 0 Å². The molecule has 2 heterocycles. The zero-order valence-corrected chi connectivity index (χ0v) is 9.55. The Hall–Kier alpha value is -2.14. The summed E-state index contributed by atoms with van der Waals surface area (Å²) in [5.41, 5.74) is 4.15. The highest BCUT2D eigenvalue weighted by Gasteiger charge is 2.02. The van der Waals surface area contributed by atoms with E-state index in [1.54, 1.807) is 16.7 Å². The number of aryl methyl sites for hydroxylation is 1. The van der Waals surface area contributed by atoms with Crippen LogP contribution in [0.2, 0.25) is 0 Å². The zero-order chi connectivity index (χ0) is 12.3. The van der Waals surface area contributed by atoms with Crippen molar-refractivity contribution < 1.29 is 0 Å². The Labute approximate surface area is 98.9 Å². The molecule has 5 nitrogen and oxygen atoms in total. The van der Waals surface area contributed by atoms with Crippen molar-refractivity contribution in [3.63, 3.8) is 0 Å². The predicted molar refractivity (Wildman–Crippen MR) is 66.6 cm³/mol. The summed E-state index contributed by atoms with van der Waals surface area (Å²) < 4.78 is 1.67. The number of nitrogen functional groups attached to an aromatic ring is 1. The van der Waals surface area contributed by atoms with E-state index >= 15 is 0 Å².